The zero-order chi connectivity index (χ0) is 20.4. The molecular formula is C21H18N2O4S2. The number of nitrogens with one attached hydrogen (secondary N) is 1. The van der Waals surface area contributed by atoms with Crippen molar-refractivity contribution in [3.05, 3.63) is 81.7 Å². The second kappa shape index (κ2) is 7.90. The molecule has 6 nitrogen and oxygen atoms in total. The Morgan fingerprint density at radius 2 is 1.86 bits per heavy atom. The molecule has 2 heterocycles. The van der Waals surface area contributed by atoms with Gasteiger partial charge in [-0.05, 0) is 31.2 Å². The number of hydrogen-bond donors (Lipinski definition) is 1. The second-order valence-corrected chi connectivity index (χ2v) is 9.24. The van der Waals surface area contributed by atoms with Crippen LogP contribution in [0, 0.1) is 6.92 Å². The van der Waals surface area contributed by atoms with E-state index in [1.165, 1.54) is 29.8 Å². The van der Waals surface area contributed by atoms with Crippen molar-refractivity contribution in [3.63, 3.8) is 0 Å². The Hall–Kier alpha value is -2.81. The monoisotopic (exact) mass is 426 g/mol. The van der Waals surface area contributed by atoms with Crippen molar-refractivity contribution in [2.45, 2.75) is 18.2 Å². The number of sulfonamides is 1. The molecule has 4 rings (SSSR count). The van der Waals surface area contributed by atoms with Crippen molar-refractivity contribution < 1.29 is 12.8 Å². The molecule has 148 valence electrons. The van der Waals surface area contributed by atoms with Crippen LogP contribution in [0.15, 0.2) is 74.1 Å². The van der Waals surface area contributed by atoms with Crippen molar-refractivity contribution in [2.24, 2.45) is 0 Å². The standard InChI is InChI=1S/C21H18N2O4S2/c1-14-2-4-15(5-3-14)21-23-17(13-28-21)10-11-22-29(25,26)18-7-8-19-16(12-18)6-9-20(24)27-19/h2-9,12-13,22H,10-11H2,1H3. The van der Waals surface area contributed by atoms with Gasteiger partial charge in [-0.3, -0.25) is 0 Å². The minimum absolute atomic E-state index is 0.123. The molecule has 0 saturated heterocycles. The normalized spacial score (nSPS) is 11.8. The number of benzene rings is 2. The third-order valence-corrected chi connectivity index (χ3v) is 6.82. The lowest BCUT2D eigenvalue weighted by Crippen LogP contribution is -2.26. The van der Waals surface area contributed by atoms with Crippen molar-refractivity contribution in [3.8, 4) is 10.6 Å². The molecule has 0 aliphatic rings. The summed E-state index contributed by atoms with van der Waals surface area (Å²) < 4.78 is 32.8. The molecule has 1 N–H and O–H groups in total. The predicted octanol–water partition coefficient (Wildman–Crippen LogP) is 3.75. The number of aryl methyl sites for hydroxylation is 1. The molecule has 8 heteroatoms. The molecular weight excluding hydrogens is 408 g/mol. The molecule has 0 unspecified atom stereocenters. The molecule has 0 aliphatic carbocycles. The van der Waals surface area contributed by atoms with E-state index in [1.54, 1.807) is 17.4 Å². The molecule has 4 aromatic rings. The largest absolute Gasteiger partial charge is 0.423 e. The van der Waals surface area contributed by atoms with Crippen LogP contribution in [0.4, 0.5) is 0 Å². The molecule has 0 amide bonds. The molecule has 29 heavy (non-hydrogen) atoms. The molecule has 0 fully saturated rings. The minimum atomic E-state index is -3.68. The number of aromatic nitrogens is 1. The van der Waals surface area contributed by atoms with Gasteiger partial charge in [0.25, 0.3) is 0 Å². The number of rotatable bonds is 6. The highest BCUT2D eigenvalue weighted by Crippen LogP contribution is 2.24. The topological polar surface area (TPSA) is 89.3 Å². The van der Waals surface area contributed by atoms with Crippen molar-refractivity contribution >= 4 is 32.3 Å². The van der Waals surface area contributed by atoms with Crippen LogP contribution in [0.5, 0.6) is 0 Å². The Kier molecular flexibility index (Phi) is 5.31. The summed E-state index contributed by atoms with van der Waals surface area (Å²) in [7, 11) is -3.68. The lowest BCUT2D eigenvalue weighted by molar-refractivity contribution is 0.560. The molecule has 0 spiro atoms. The zero-order valence-corrected chi connectivity index (χ0v) is 17.2. The van der Waals surface area contributed by atoms with E-state index in [1.807, 2.05) is 36.6 Å². The number of hydrogen-bond acceptors (Lipinski definition) is 6. The van der Waals surface area contributed by atoms with E-state index in [0.29, 0.717) is 17.4 Å². The van der Waals surface area contributed by atoms with Gasteiger partial charge in [-0.1, -0.05) is 29.8 Å². The third kappa shape index (κ3) is 4.45. The van der Waals surface area contributed by atoms with Gasteiger partial charge >= 0.3 is 5.63 Å². The third-order valence-electron chi connectivity index (χ3n) is 4.42. The Balaban J connectivity index is 1.43. The SMILES string of the molecule is Cc1ccc(-c2nc(CCNS(=O)(=O)c3ccc4oc(=O)ccc4c3)cs2)cc1. The molecule has 0 aliphatic heterocycles. The van der Waals surface area contributed by atoms with Gasteiger partial charge in [0.1, 0.15) is 10.6 Å². The summed E-state index contributed by atoms with van der Waals surface area (Å²) in [5, 5.41) is 3.41. The maximum atomic E-state index is 12.6. The summed E-state index contributed by atoms with van der Waals surface area (Å²) in [6, 6.07) is 15.3. The van der Waals surface area contributed by atoms with Gasteiger partial charge in [0, 0.05) is 35.4 Å². The summed E-state index contributed by atoms with van der Waals surface area (Å²) in [4.78, 5) is 16.0. The van der Waals surface area contributed by atoms with Gasteiger partial charge < -0.3 is 4.42 Å². The van der Waals surface area contributed by atoms with Crippen molar-refractivity contribution in [2.75, 3.05) is 6.54 Å². The summed E-state index contributed by atoms with van der Waals surface area (Å²) in [6.45, 7) is 2.27. The number of fused-ring (bicyclic) bond motifs is 1. The molecule has 0 saturated carbocycles. The van der Waals surface area contributed by atoms with Crippen LogP contribution >= 0.6 is 11.3 Å². The summed E-state index contributed by atoms with van der Waals surface area (Å²) >= 11 is 1.54. The molecule has 2 aromatic heterocycles. The van der Waals surface area contributed by atoms with Gasteiger partial charge in [0.15, 0.2) is 0 Å². The summed E-state index contributed by atoms with van der Waals surface area (Å²) in [6.07, 6.45) is 0.490. The Labute approximate surface area is 171 Å². The van der Waals surface area contributed by atoms with E-state index in [9.17, 15) is 13.2 Å². The van der Waals surface area contributed by atoms with Crippen LogP contribution in [0.2, 0.25) is 0 Å². The average molecular weight is 427 g/mol. The van der Waals surface area contributed by atoms with Gasteiger partial charge in [0.2, 0.25) is 10.0 Å². The second-order valence-electron chi connectivity index (χ2n) is 6.61. The summed E-state index contributed by atoms with van der Waals surface area (Å²) in [5.41, 5.74) is 2.96. The predicted molar refractivity (Wildman–Crippen MR) is 114 cm³/mol. The maximum absolute atomic E-state index is 12.6. The van der Waals surface area contributed by atoms with E-state index in [2.05, 4.69) is 9.71 Å². The van der Waals surface area contributed by atoms with Crippen LogP contribution in [-0.2, 0) is 16.4 Å². The van der Waals surface area contributed by atoms with Crippen LogP contribution in [0.1, 0.15) is 11.3 Å². The number of thiazole rings is 1. The highest BCUT2D eigenvalue weighted by atomic mass is 32.2. The first-order chi connectivity index (χ1) is 13.9. The average Bonchev–Trinajstić information content (AvgIpc) is 3.17. The first-order valence-corrected chi connectivity index (χ1v) is 11.3. The lowest BCUT2D eigenvalue weighted by atomic mass is 10.2. The van der Waals surface area contributed by atoms with E-state index in [4.69, 9.17) is 4.42 Å². The van der Waals surface area contributed by atoms with Crippen LogP contribution in [0.3, 0.4) is 0 Å². The van der Waals surface area contributed by atoms with E-state index >= 15 is 0 Å². The molecule has 2 aromatic carbocycles. The quantitative estimate of drug-likeness (QED) is 0.475. The van der Waals surface area contributed by atoms with Gasteiger partial charge in [0.05, 0.1) is 10.6 Å². The maximum Gasteiger partial charge on any atom is 0.336 e. The Bertz CT molecular complexity index is 1320. The first kappa shape index (κ1) is 19.5. The van der Waals surface area contributed by atoms with Crippen molar-refractivity contribution in [1.82, 2.24) is 9.71 Å². The summed E-state index contributed by atoms with van der Waals surface area (Å²) in [5.74, 6) is 0. The molecule has 0 radical (unpaired) electrons. The van der Waals surface area contributed by atoms with E-state index in [-0.39, 0.29) is 11.4 Å². The smallest absolute Gasteiger partial charge is 0.336 e. The highest BCUT2D eigenvalue weighted by Gasteiger charge is 2.15. The fourth-order valence-corrected chi connectivity index (χ4v) is 4.79. The minimum Gasteiger partial charge on any atom is -0.423 e. The Morgan fingerprint density at radius 1 is 1.07 bits per heavy atom. The van der Waals surface area contributed by atoms with Gasteiger partial charge in [-0.15, -0.1) is 11.3 Å². The fourth-order valence-electron chi connectivity index (χ4n) is 2.86. The first-order valence-electron chi connectivity index (χ1n) is 8.96. The van der Waals surface area contributed by atoms with Crippen molar-refractivity contribution in [1.29, 1.82) is 0 Å². The van der Waals surface area contributed by atoms with E-state index < -0.39 is 15.6 Å². The van der Waals surface area contributed by atoms with Gasteiger partial charge in [-0.25, -0.2) is 22.9 Å². The highest BCUT2D eigenvalue weighted by molar-refractivity contribution is 7.89. The van der Waals surface area contributed by atoms with Crippen LogP contribution < -0.4 is 10.3 Å². The van der Waals surface area contributed by atoms with Crippen LogP contribution in [-0.4, -0.2) is 19.9 Å². The Morgan fingerprint density at radius 3 is 2.66 bits per heavy atom. The molecule has 0 atom stereocenters. The zero-order valence-electron chi connectivity index (χ0n) is 15.6. The molecule has 0 bridgehead atoms. The lowest BCUT2D eigenvalue weighted by Gasteiger charge is -2.07. The van der Waals surface area contributed by atoms with E-state index in [0.717, 1.165) is 16.3 Å². The van der Waals surface area contributed by atoms with Gasteiger partial charge in [-0.2, -0.15) is 0 Å². The van der Waals surface area contributed by atoms with Crippen LogP contribution in [0.25, 0.3) is 21.5 Å². The number of nitrogens with zero attached hydrogens (tertiary/aromatic N) is 1. The fraction of sp³-hybridized carbons (Fsp3) is 0.143.